The molecule has 0 bridgehead atoms. The summed E-state index contributed by atoms with van der Waals surface area (Å²) in [6.07, 6.45) is 1.71. The van der Waals surface area contributed by atoms with E-state index < -0.39 is 0 Å². The fourth-order valence-corrected chi connectivity index (χ4v) is 3.91. The van der Waals surface area contributed by atoms with Crippen LogP contribution in [0.5, 0.6) is 5.75 Å². The third-order valence-electron chi connectivity index (χ3n) is 4.54. The molecule has 142 valence electrons. The Hall–Kier alpha value is -3.19. The molecule has 0 saturated carbocycles. The van der Waals surface area contributed by atoms with Crippen molar-refractivity contribution in [3.8, 4) is 17.0 Å². The van der Waals surface area contributed by atoms with Gasteiger partial charge in [-0.25, -0.2) is 0 Å². The van der Waals surface area contributed by atoms with Crippen LogP contribution in [0.4, 0.5) is 5.69 Å². The number of carbonyl (C=O) groups is 1. The molecule has 6 nitrogen and oxygen atoms in total. The second-order valence-electron chi connectivity index (χ2n) is 6.35. The molecule has 4 aromatic rings. The Morgan fingerprint density at radius 3 is 2.71 bits per heavy atom. The van der Waals surface area contributed by atoms with Gasteiger partial charge in [0.15, 0.2) is 0 Å². The Morgan fingerprint density at radius 2 is 2.00 bits per heavy atom. The highest BCUT2D eigenvalue weighted by Gasteiger charge is 2.10. The lowest BCUT2D eigenvalue weighted by Crippen LogP contribution is -2.14. The molecule has 28 heavy (non-hydrogen) atoms. The number of fused-ring (bicyclic) bond motifs is 1. The fourth-order valence-electron chi connectivity index (χ4n) is 3.05. The molecule has 2 N–H and O–H groups in total. The fraction of sp³-hybridized carbons (Fsp3) is 0.143. The van der Waals surface area contributed by atoms with E-state index in [0.29, 0.717) is 5.75 Å². The lowest BCUT2D eigenvalue weighted by Gasteiger charge is -2.07. The van der Waals surface area contributed by atoms with Gasteiger partial charge in [0.2, 0.25) is 5.91 Å². The van der Waals surface area contributed by atoms with Crippen molar-refractivity contribution in [2.75, 3.05) is 18.2 Å². The van der Waals surface area contributed by atoms with Crippen molar-refractivity contribution in [1.29, 1.82) is 0 Å². The number of benzene rings is 2. The van der Waals surface area contributed by atoms with Crippen molar-refractivity contribution in [2.24, 2.45) is 7.05 Å². The van der Waals surface area contributed by atoms with E-state index in [1.54, 1.807) is 13.3 Å². The second-order valence-corrected chi connectivity index (χ2v) is 7.35. The summed E-state index contributed by atoms with van der Waals surface area (Å²) in [5.74, 6) is 1.12. The number of amides is 1. The standard InChI is InChI=1S/C21H20N4O2S/c1-25-19-8-7-17(27-2)11-15(19)12-21(25)28-13-20(26)23-16-5-3-14(4-6-16)18-9-10-22-24-18/h3-12H,13H2,1-2H3,(H,22,24)(H,23,26). The van der Waals surface area contributed by atoms with Crippen LogP contribution < -0.4 is 10.1 Å². The molecule has 2 heterocycles. The Bertz CT molecular complexity index is 1100. The highest BCUT2D eigenvalue weighted by molar-refractivity contribution is 8.00. The van der Waals surface area contributed by atoms with Crippen molar-refractivity contribution in [3.63, 3.8) is 0 Å². The summed E-state index contributed by atoms with van der Waals surface area (Å²) in [4.78, 5) is 12.3. The lowest BCUT2D eigenvalue weighted by atomic mass is 10.1. The Morgan fingerprint density at radius 1 is 1.18 bits per heavy atom. The number of nitrogens with zero attached hydrogens (tertiary/aromatic N) is 2. The predicted octanol–water partition coefficient (Wildman–Crippen LogP) is 4.31. The first kappa shape index (κ1) is 18.2. The molecule has 1 amide bonds. The van der Waals surface area contributed by atoms with E-state index >= 15 is 0 Å². The summed E-state index contributed by atoms with van der Waals surface area (Å²) in [6.45, 7) is 0. The molecule has 0 saturated heterocycles. The maximum Gasteiger partial charge on any atom is 0.234 e. The molecule has 0 atom stereocenters. The SMILES string of the molecule is COc1ccc2c(c1)cc(SCC(=O)Nc1ccc(-c3ccn[nH]3)cc1)n2C. The molecule has 7 heteroatoms. The van der Waals surface area contributed by atoms with E-state index in [-0.39, 0.29) is 5.91 Å². The first-order valence-electron chi connectivity index (χ1n) is 8.80. The number of anilines is 1. The van der Waals surface area contributed by atoms with Gasteiger partial charge in [-0.1, -0.05) is 23.9 Å². The molecule has 0 radical (unpaired) electrons. The zero-order valence-corrected chi connectivity index (χ0v) is 16.4. The van der Waals surface area contributed by atoms with Gasteiger partial charge in [-0.15, -0.1) is 0 Å². The molecule has 0 aliphatic heterocycles. The Labute approximate surface area is 166 Å². The number of aryl methyl sites for hydroxylation is 1. The van der Waals surface area contributed by atoms with Crippen LogP contribution in [0.3, 0.4) is 0 Å². The highest BCUT2D eigenvalue weighted by atomic mass is 32.2. The third-order valence-corrected chi connectivity index (χ3v) is 5.63. The van der Waals surface area contributed by atoms with Crippen molar-refractivity contribution < 1.29 is 9.53 Å². The zero-order chi connectivity index (χ0) is 19.5. The number of aromatic amines is 1. The van der Waals surface area contributed by atoms with Crippen LogP contribution >= 0.6 is 11.8 Å². The van der Waals surface area contributed by atoms with Crippen LogP contribution in [0.25, 0.3) is 22.2 Å². The topological polar surface area (TPSA) is 71.9 Å². The number of nitrogens with one attached hydrogen (secondary N) is 2. The van der Waals surface area contributed by atoms with E-state index in [9.17, 15) is 4.79 Å². The molecule has 0 unspecified atom stereocenters. The average Bonchev–Trinajstić information content (AvgIpc) is 3.35. The minimum absolute atomic E-state index is 0.0397. The minimum atomic E-state index is -0.0397. The molecule has 0 aliphatic rings. The lowest BCUT2D eigenvalue weighted by molar-refractivity contribution is -0.113. The van der Waals surface area contributed by atoms with Crippen LogP contribution in [0, 0.1) is 0 Å². The molecule has 0 spiro atoms. The minimum Gasteiger partial charge on any atom is -0.497 e. The summed E-state index contributed by atoms with van der Waals surface area (Å²) in [5, 5.41) is 11.9. The normalized spacial score (nSPS) is 10.9. The van der Waals surface area contributed by atoms with Gasteiger partial charge in [-0.3, -0.25) is 9.89 Å². The zero-order valence-electron chi connectivity index (χ0n) is 15.6. The molecule has 4 rings (SSSR count). The third kappa shape index (κ3) is 3.75. The predicted molar refractivity (Wildman–Crippen MR) is 113 cm³/mol. The molecule has 2 aromatic heterocycles. The molecule has 0 aliphatic carbocycles. The summed E-state index contributed by atoms with van der Waals surface area (Å²) < 4.78 is 7.37. The Balaban J connectivity index is 1.39. The van der Waals surface area contributed by atoms with E-state index in [4.69, 9.17) is 4.74 Å². The molecular formula is C21H20N4O2S. The van der Waals surface area contributed by atoms with Crippen LogP contribution in [-0.4, -0.2) is 33.5 Å². The van der Waals surface area contributed by atoms with Crippen LogP contribution in [0.15, 0.2) is 65.8 Å². The molecule has 2 aromatic carbocycles. The van der Waals surface area contributed by atoms with Gasteiger partial charge in [0.1, 0.15) is 5.75 Å². The van der Waals surface area contributed by atoms with Gasteiger partial charge in [0.25, 0.3) is 0 Å². The molecule has 0 fully saturated rings. The van der Waals surface area contributed by atoms with E-state index in [1.807, 2.05) is 55.6 Å². The number of thioether (sulfide) groups is 1. The monoisotopic (exact) mass is 392 g/mol. The van der Waals surface area contributed by atoms with Gasteiger partial charge in [0, 0.05) is 29.8 Å². The van der Waals surface area contributed by atoms with Gasteiger partial charge in [-0.05, 0) is 48.0 Å². The van der Waals surface area contributed by atoms with Crippen molar-refractivity contribution in [1.82, 2.24) is 14.8 Å². The number of carbonyl (C=O) groups excluding carboxylic acids is 1. The highest BCUT2D eigenvalue weighted by Crippen LogP contribution is 2.29. The second kappa shape index (κ2) is 7.82. The Kier molecular flexibility index (Phi) is 5.08. The smallest absolute Gasteiger partial charge is 0.234 e. The summed E-state index contributed by atoms with van der Waals surface area (Å²) in [7, 11) is 3.66. The maximum atomic E-state index is 12.3. The first-order chi connectivity index (χ1) is 13.6. The van der Waals surface area contributed by atoms with Gasteiger partial charge < -0.3 is 14.6 Å². The summed E-state index contributed by atoms with van der Waals surface area (Å²) in [5.41, 5.74) is 3.85. The number of hydrogen-bond donors (Lipinski definition) is 2. The van der Waals surface area contributed by atoms with Crippen molar-refractivity contribution in [2.45, 2.75) is 5.03 Å². The van der Waals surface area contributed by atoms with Gasteiger partial charge in [0.05, 0.1) is 23.6 Å². The number of aromatic nitrogens is 3. The molecular weight excluding hydrogens is 372 g/mol. The first-order valence-corrected chi connectivity index (χ1v) is 9.78. The number of ether oxygens (including phenoxy) is 1. The van der Waals surface area contributed by atoms with Crippen LogP contribution in [0.2, 0.25) is 0 Å². The van der Waals surface area contributed by atoms with Gasteiger partial charge in [-0.2, -0.15) is 5.10 Å². The number of rotatable bonds is 6. The van der Waals surface area contributed by atoms with Gasteiger partial charge >= 0.3 is 0 Å². The van der Waals surface area contributed by atoms with Crippen LogP contribution in [0.1, 0.15) is 0 Å². The van der Waals surface area contributed by atoms with Crippen molar-refractivity contribution >= 4 is 34.3 Å². The summed E-state index contributed by atoms with van der Waals surface area (Å²) in [6, 6.07) is 17.6. The van der Waals surface area contributed by atoms with Crippen molar-refractivity contribution in [3.05, 3.63) is 60.8 Å². The van der Waals surface area contributed by atoms with Crippen LogP contribution in [-0.2, 0) is 11.8 Å². The number of H-pyrrole nitrogens is 1. The maximum absolute atomic E-state index is 12.3. The quantitative estimate of drug-likeness (QED) is 0.480. The largest absolute Gasteiger partial charge is 0.497 e. The van der Waals surface area contributed by atoms with E-state index in [1.165, 1.54) is 11.8 Å². The number of methoxy groups -OCH3 is 1. The average molecular weight is 392 g/mol. The van der Waals surface area contributed by atoms with E-state index in [0.717, 1.165) is 38.6 Å². The number of hydrogen-bond acceptors (Lipinski definition) is 4. The summed E-state index contributed by atoms with van der Waals surface area (Å²) >= 11 is 1.51. The van der Waals surface area contributed by atoms with E-state index in [2.05, 4.69) is 26.1 Å².